The number of halogens is 2. The largest absolute Gasteiger partial charge is 0.261 e. The Balaban J connectivity index is 2.22. The van der Waals surface area contributed by atoms with Crippen LogP contribution < -0.4 is 0 Å². The van der Waals surface area contributed by atoms with Crippen LogP contribution in [0.2, 0.25) is 5.02 Å². The molecule has 1 aromatic heterocycles. The monoisotopic (exact) mass is 279 g/mol. The lowest BCUT2D eigenvalue weighted by molar-refractivity contribution is 0.869. The number of aryl methyl sites for hydroxylation is 2. The quantitative estimate of drug-likeness (QED) is 0.730. The van der Waals surface area contributed by atoms with Crippen LogP contribution in [-0.4, -0.2) is 4.98 Å². The third kappa shape index (κ3) is 3.04. The van der Waals surface area contributed by atoms with Crippen molar-refractivity contribution in [3.05, 3.63) is 63.9 Å². The molecule has 1 unspecified atom stereocenters. The molecule has 1 aromatic carbocycles. The number of benzene rings is 1. The average Bonchev–Trinajstić information content (AvgIpc) is 2.32. The zero-order valence-corrected chi connectivity index (χ0v) is 12.0. The highest BCUT2D eigenvalue weighted by atomic mass is 35.5. The summed E-state index contributed by atoms with van der Waals surface area (Å²) in [5, 5.41) is 0.579. The highest BCUT2D eigenvalue weighted by Gasteiger charge is 2.14. The second kappa shape index (κ2) is 5.73. The van der Waals surface area contributed by atoms with Gasteiger partial charge in [-0.25, -0.2) is 0 Å². The van der Waals surface area contributed by atoms with E-state index in [2.05, 4.69) is 4.98 Å². The number of pyridine rings is 1. The maximum atomic E-state index is 6.45. The molecule has 0 aliphatic heterocycles. The molecule has 0 bridgehead atoms. The number of hydrogen-bond acceptors (Lipinski definition) is 1. The van der Waals surface area contributed by atoms with E-state index in [4.69, 9.17) is 23.2 Å². The zero-order valence-electron chi connectivity index (χ0n) is 10.5. The molecule has 3 heteroatoms. The van der Waals surface area contributed by atoms with E-state index in [-0.39, 0.29) is 5.38 Å². The molecular formula is C15H15Cl2N. The Labute approximate surface area is 118 Å². The Kier molecular flexibility index (Phi) is 4.26. The van der Waals surface area contributed by atoms with E-state index in [1.165, 1.54) is 0 Å². The van der Waals surface area contributed by atoms with Gasteiger partial charge in [-0.1, -0.05) is 29.8 Å². The van der Waals surface area contributed by atoms with E-state index in [9.17, 15) is 0 Å². The van der Waals surface area contributed by atoms with Crippen LogP contribution >= 0.6 is 23.2 Å². The van der Waals surface area contributed by atoms with E-state index in [1.54, 1.807) is 6.20 Å². The predicted molar refractivity (Wildman–Crippen MR) is 77.5 cm³/mol. The van der Waals surface area contributed by atoms with Crippen molar-refractivity contribution < 1.29 is 0 Å². The third-order valence-electron chi connectivity index (χ3n) is 2.98. The fourth-order valence-corrected chi connectivity index (χ4v) is 2.66. The van der Waals surface area contributed by atoms with Gasteiger partial charge in [0.25, 0.3) is 0 Å². The summed E-state index contributed by atoms with van der Waals surface area (Å²) in [5.74, 6) is 0. The van der Waals surface area contributed by atoms with Crippen molar-refractivity contribution in [2.24, 2.45) is 0 Å². The van der Waals surface area contributed by atoms with Crippen molar-refractivity contribution in [2.45, 2.75) is 25.6 Å². The van der Waals surface area contributed by atoms with Gasteiger partial charge < -0.3 is 0 Å². The Morgan fingerprint density at radius 2 is 2.00 bits per heavy atom. The molecule has 1 heterocycles. The molecule has 0 saturated heterocycles. The molecule has 18 heavy (non-hydrogen) atoms. The molecule has 0 amide bonds. The molecule has 1 atom stereocenters. The standard InChI is InChI=1S/C15H15Cl2N/c1-10-5-6-12(13(16)8-10)14(17)9-15-11(2)4-3-7-18-15/h3-8,14H,9H2,1-2H3. The molecule has 0 fully saturated rings. The summed E-state index contributed by atoms with van der Waals surface area (Å²) in [4.78, 5) is 4.36. The lowest BCUT2D eigenvalue weighted by atomic mass is 10.0. The van der Waals surface area contributed by atoms with Gasteiger partial charge in [0.05, 0.1) is 5.38 Å². The summed E-state index contributed by atoms with van der Waals surface area (Å²) in [7, 11) is 0. The molecule has 1 nitrogen and oxygen atoms in total. The van der Waals surface area contributed by atoms with Crippen LogP contribution in [0.4, 0.5) is 0 Å². The summed E-state index contributed by atoms with van der Waals surface area (Å²) in [6.45, 7) is 4.06. The molecule has 94 valence electrons. The Hall–Kier alpha value is -1.05. The smallest absolute Gasteiger partial charge is 0.0655 e. The fraction of sp³-hybridized carbons (Fsp3) is 0.267. The zero-order chi connectivity index (χ0) is 13.1. The highest BCUT2D eigenvalue weighted by Crippen LogP contribution is 2.31. The minimum absolute atomic E-state index is 0.147. The summed E-state index contributed by atoms with van der Waals surface area (Å²) >= 11 is 12.7. The van der Waals surface area contributed by atoms with Gasteiger partial charge in [-0.2, -0.15) is 0 Å². The van der Waals surface area contributed by atoms with Gasteiger partial charge in [-0.3, -0.25) is 4.98 Å². The lowest BCUT2D eigenvalue weighted by Gasteiger charge is -2.13. The molecule has 0 radical (unpaired) electrons. The highest BCUT2D eigenvalue weighted by molar-refractivity contribution is 6.32. The van der Waals surface area contributed by atoms with Crippen molar-refractivity contribution in [2.75, 3.05) is 0 Å². The van der Waals surface area contributed by atoms with Crippen molar-refractivity contribution >= 4 is 23.2 Å². The molecule has 2 aromatic rings. The third-order valence-corrected chi connectivity index (χ3v) is 3.70. The van der Waals surface area contributed by atoms with E-state index in [1.807, 2.05) is 44.2 Å². The number of nitrogens with zero attached hydrogens (tertiary/aromatic N) is 1. The predicted octanol–water partition coefficient (Wildman–Crippen LogP) is 4.87. The van der Waals surface area contributed by atoms with Crippen molar-refractivity contribution in [3.63, 3.8) is 0 Å². The van der Waals surface area contributed by atoms with Crippen LogP contribution in [0.5, 0.6) is 0 Å². The first kappa shape index (κ1) is 13.4. The normalized spacial score (nSPS) is 12.4. The SMILES string of the molecule is Cc1ccc(C(Cl)Cc2ncccc2C)c(Cl)c1. The first-order valence-corrected chi connectivity index (χ1v) is 6.70. The van der Waals surface area contributed by atoms with E-state index >= 15 is 0 Å². The number of hydrogen-bond donors (Lipinski definition) is 0. The number of rotatable bonds is 3. The van der Waals surface area contributed by atoms with E-state index < -0.39 is 0 Å². The number of aromatic nitrogens is 1. The second-order valence-corrected chi connectivity index (χ2v) is 5.40. The summed E-state index contributed by atoms with van der Waals surface area (Å²) in [6, 6.07) is 9.94. The maximum absolute atomic E-state index is 6.45. The van der Waals surface area contributed by atoms with Gasteiger partial charge in [-0.05, 0) is 42.7 Å². The van der Waals surface area contributed by atoms with Gasteiger partial charge in [-0.15, -0.1) is 11.6 Å². The molecule has 0 aliphatic rings. The summed E-state index contributed by atoms with van der Waals surface area (Å²) < 4.78 is 0. The van der Waals surface area contributed by atoms with Crippen LogP contribution in [0.1, 0.15) is 27.8 Å². The second-order valence-electron chi connectivity index (χ2n) is 4.46. The molecule has 0 aliphatic carbocycles. The van der Waals surface area contributed by atoms with Crippen LogP contribution in [0.15, 0.2) is 36.5 Å². The molecular weight excluding hydrogens is 265 g/mol. The molecule has 0 saturated carbocycles. The van der Waals surface area contributed by atoms with Gasteiger partial charge >= 0.3 is 0 Å². The Morgan fingerprint density at radius 1 is 1.22 bits per heavy atom. The van der Waals surface area contributed by atoms with Gasteiger partial charge in [0.1, 0.15) is 0 Å². The fourth-order valence-electron chi connectivity index (χ4n) is 1.90. The van der Waals surface area contributed by atoms with Crippen LogP contribution in [0.3, 0.4) is 0 Å². The van der Waals surface area contributed by atoms with Crippen LogP contribution in [0, 0.1) is 13.8 Å². The minimum Gasteiger partial charge on any atom is -0.261 e. The first-order valence-electron chi connectivity index (χ1n) is 5.88. The average molecular weight is 280 g/mol. The molecule has 2 rings (SSSR count). The van der Waals surface area contributed by atoms with Gasteiger partial charge in [0, 0.05) is 23.3 Å². The summed E-state index contributed by atoms with van der Waals surface area (Å²) in [6.07, 6.45) is 2.49. The van der Waals surface area contributed by atoms with E-state index in [0.29, 0.717) is 6.42 Å². The van der Waals surface area contributed by atoms with Crippen molar-refractivity contribution in [1.29, 1.82) is 0 Å². The first-order chi connectivity index (χ1) is 8.58. The van der Waals surface area contributed by atoms with Gasteiger partial charge in [0.2, 0.25) is 0 Å². The minimum atomic E-state index is -0.147. The van der Waals surface area contributed by atoms with Crippen LogP contribution in [0.25, 0.3) is 0 Å². The molecule has 0 spiro atoms. The van der Waals surface area contributed by atoms with Crippen molar-refractivity contribution in [3.8, 4) is 0 Å². The summed E-state index contributed by atoms with van der Waals surface area (Å²) in [5.41, 5.74) is 4.29. The number of alkyl halides is 1. The van der Waals surface area contributed by atoms with E-state index in [0.717, 1.165) is 27.4 Å². The van der Waals surface area contributed by atoms with Gasteiger partial charge in [0.15, 0.2) is 0 Å². The molecule has 0 N–H and O–H groups in total. The van der Waals surface area contributed by atoms with Crippen LogP contribution in [-0.2, 0) is 6.42 Å². The Morgan fingerprint density at radius 3 is 2.67 bits per heavy atom. The maximum Gasteiger partial charge on any atom is 0.0655 e. The topological polar surface area (TPSA) is 12.9 Å². The lowest BCUT2D eigenvalue weighted by Crippen LogP contribution is -2.01. The van der Waals surface area contributed by atoms with Crippen molar-refractivity contribution in [1.82, 2.24) is 4.98 Å². The Bertz CT molecular complexity index is 552.